The van der Waals surface area contributed by atoms with Crippen LogP contribution in [0.2, 0.25) is 0 Å². The van der Waals surface area contributed by atoms with Crippen molar-refractivity contribution < 1.29 is 14.0 Å². The van der Waals surface area contributed by atoms with Gasteiger partial charge in [0.05, 0.1) is 11.2 Å². The Balaban J connectivity index is 1.30. The second-order valence-corrected chi connectivity index (χ2v) is 9.21. The summed E-state index contributed by atoms with van der Waals surface area (Å²) in [6.45, 7) is 4.96. The van der Waals surface area contributed by atoms with Gasteiger partial charge in [-0.05, 0) is 57.0 Å². The number of nitrogens with zero attached hydrogens (tertiary/aromatic N) is 6. The van der Waals surface area contributed by atoms with E-state index in [0.29, 0.717) is 36.9 Å². The first-order valence-corrected chi connectivity index (χ1v) is 11.1. The van der Waals surface area contributed by atoms with Crippen LogP contribution in [0.1, 0.15) is 59.4 Å². The Bertz CT molecular complexity index is 1220. The minimum atomic E-state index is -0.622. The zero-order chi connectivity index (χ0) is 23.2. The smallest absolute Gasteiger partial charge is 0.294 e. The lowest BCUT2D eigenvalue weighted by Gasteiger charge is -2.46. The summed E-state index contributed by atoms with van der Waals surface area (Å²) in [7, 11) is 0. The number of piperazine rings is 1. The second-order valence-electron chi connectivity index (χ2n) is 9.21. The topological polar surface area (TPSA) is 84.2 Å². The zero-order valence-electron chi connectivity index (χ0n) is 18.6. The molecular weight excluding hydrogens is 423 g/mol. The largest absolute Gasteiger partial charge is 0.333 e. The monoisotopic (exact) mass is 448 g/mol. The van der Waals surface area contributed by atoms with E-state index in [4.69, 9.17) is 0 Å². The van der Waals surface area contributed by atoms with Crippen molar-refractivity contribution in [1.82, 2.24) is 29.5 Å². The summed E-state index contributed by atoms with van der Waals surface area (Å²) in [4.78, 5) is 38.5. The second kappa shape index (κ2) is 8.06. The minimum Gasteiger partial charge on any atom is -0.333 e. The first-order valence-electron chi connectivity index (χ1n) is 11.1. The van der Waals surface area contributed by atoms with Crippen LogP contribution in [0.5, 0.6) is 0 Å². The number of hydrogen-bond donors (Lipinski definition) is 0. The van der Waals surface area contributed by atoms with Crippen molar-refractivity contribution in [3.05, 3.63) is 71.8 Å². The van der Waals surface area contributed by atoms with E-state index in [0.717, 1.165) is 18.5 Å². The Morgan fingerprint density at radius 2 is 1.85 bits per heavy atom. The van der Waals surface area contributed by atoms with Gasteiger partial charge in [0.25, 0.3) is 11.8 Å². The average Bonchev–Trinajstić information content (AvgIpc) is 3.54. The fraction of sp³-hybridized carbons (Fsp3) is 0.375. The predicted octanol–water partition coefficient (Wildman–Crippen LogP) is 3.06. The molecule has 8 nitrogen and oxygen atoms in total. The van der Waals surface area contributed by atoms with Crippen LogP contribution in [0, 0.1) is 5.82 Å². The van der Waals surface area contributed by atoms with Crippen LogP contribution in [0.25, 0.3) is 5.69 Å². The van der Waals surface area contributed by atoms with E-state index in [1.54, 1.807) is 28.0 Å². The Kier molecular flexibility index (Phi) is 5.19. The van der Waals surface area contributed by atoms with E-state index in [1.165, 1.54) is 23.1 Å². The molecule has 3 heterocycles. The molecule has 5 rings (SSSR count). The molecule has 1 saturated carbocycles. The number of halogens is 1. The van der Waals surface area contributed by atoms with Crippen LogP contribution >= 0.6 is 0 Å². The highest BCUT2D eigenvalue weighted by atomic mass is 19.1. The summed E-state index contributed by atoms with van der Waals surface area (Å²) in [5, 5.41) is 4.25. The lowest BCUT2D eigenvalue weighted by molar-refractivity contribution is 0.0158. The van der Waals surface area contributed by atoms with Gasteiger partial charge in [-0.1, -0.05) is 12.1 Å². The van der Waals surface area contributed by atoms with Crippen LogP contribution in [0.4, 0.5) is 4.39 Å². The van der Waals surface area contributed by atoms with Crippen molar-refractivity contribution in [2.24, 2.45) is 0 Å². The molecule has 0 N–H and O–H groups in total. The van der Waals surface area contributed by atoms with E-state index in [-0.39, 0.29) is 17.6 Å². The van der Waals surface area contributed by atoms with Crippen LogP contribution in [-0.4, -0.2) is 66.5 Å². The van der Waals surface area contributed by atoms with Gasteiger partial charge in [-0.3, -0.25) is 9.59 Å². The first kappa shape index (κ1) is 21.2. The van der Waals surface area contributed by atoms with Gasteiger partial charge in [0.15, 0.2) is 0 Å². The normalized spacial score (nSPS) is 17.8. The van der Waals surface area contributed by atoms with Crippen LogP contribution in [-0.2, 0) is 0 Å². The van der Waals surface area contributed by atoms with Crippen molar-refractivity contribution in [3.63, 3.8) is 0 Å². The number of carbonyl (C=O) groups excluding carboxylic acids is 2. The van der Waals surface area contributed by atoms with Crippen molar-refractivity contribution in [3.8, 4) is 5.69 Å². The number of aromatic nitrogens is 4. The molecule has 9 heteroatoms. The number of rotatable bonds is 4. The molecule has 2 fully saturated rings. The molecule has 0 bridgehead atoms. The van der Waals surface area contributed by atoms with Gasteiger partial charge in [0.2, 0.25) is 5.82 Å². The lowest BCUT2D eigenvalue weighted by Crippen LogP contribution is -2.62. The molecule has 1 saturated heterocycles. The van der Waals surface area contributed by atoms with Gasteiger partial charge >= 0.3 is 0 Å². The first-order chi connectivity index (χ1) is 15.8. The Labute approximate surface area is 191 Å². The maximum Gasteiger partial charge on any atom is 0.294 e. The molecule has 2 aliphatic rings. The molecule has 170 valence electrons. The maximum absolute atomic E-state index is 13.5. The van der Waals surface area contributed by atoms with Crippen molar-refractivity contribution >= 4 is 11.8 Å². The summed E-state index contributed by atoms with van der Waals surface area (Å²) in [6.07, 6.45) is 3.65. The Morgan fingerprint density at radius 1 is 1.06 bits per heavy atom. The van der Waals surface area contributed by atoms with Crippen molar-refractivity contribution in [1.29, 1.82) is 0 Å². The summed E-state index contributed by atoms with van der Waals surface area (Å²) >= 11 is 0. The number of pyridine rings is 1. The third kappa shape index (κ3) is 4.22. The lowest BCUT2D eigenvalue weighted by atomic mass is 9.98. The van der Waals surface area contributed by atoms with Gasteiger partial charge in [-0.15, -0.1) is 5.10 Å². The highest BCUT2D eigenvalue weighted by Crippen LogP contribution is 2.39. The SMILES string of the molecule is CC1(C)CN(C(=O)c2cccc(C3CC3)n2)CCN1C(=O)c1ncn(-c2cccc(F)c2)n1. The summed E-state index contributed by atoms with van der Waals surface area (Å²) in [5.41, 5.74) is 1.29. The van der Waals surface area contributed by atoms with E-state index in [2.05, 4.69) is 15.1 Å². The molecule has 0 radical (unpaired) electrons. The molecule has 1 aliphatic heterocycles. The molecule has 2 aromatic heterocycles. The predicted molar refractivity (Wildman–Crippen MR) is 119 cm³/mol. The zero-order valence-corrected chi connectivity index (χ0v) is 18.6. The highest BCUT2D eigenvalue weighted by Gasteiger charge is 2.40. The molecule has 33 heavy (non-hydrogen) atoms. The highest BCUT2D eigenvalue weighted by molar-refractivity contribution is 5.94. The molecule has 0 unspecified atom stereocenters. The molecule has 0 atom stereocenters. The van der Waals surface area contributed by atoms with E-state index in [1.807, 2.05) is 26.0 Å². The van der Waals surface area contributed by atoms with Crippen LogP contribution in [0.15, 0.2) is 48.8 Å². The van der Waals surface area contributed by atoms with Gasteiger partial charge in [-0.25, -0.2) is 19.0 Å². The Hall–Kier alpha value is -3.62. The molecule has 3 aromatic rings. The Morgan fingerprint density at radius 3 is 2.58 bits per heavy atom. The summed E-state index contributed by atoms with van der Waals surface area (Å²) < 4.78 is 14.9. The molecule has 1 aliphatic carbocycles. The minimum absolute atomic E-state index is 0.0333. The number of hydrogen-bond acceptors (Lipinski definition) is 5. The van der Waals surface area contributed by atoms with Gasteiger partial charge in [0, 0.05) is 31.2 Å². The quantitative estimate of drug-likeness (QED) is 0.613. The third-order valence-electron chi connectivity index (χ3n) is 6.18. The fourth-order valence-electron chi connectivity index (χ4n) is 4.27. The number of carbonyl (C=O) groups is 2. The van der Waals surface area contributed by atoms with Crippen LogP contribution in [0.3, 0.4) is 0 Å². The van der Waals surface area contributed by atoms with E-state index in [9.17, 15) is 14.0 Å². The number of benzene rings is 1. The average molecular weight is 449 g/mol. The van der Waals surface area contributed by atoms with Crippen molar-refractivity contribution in [2.45, 2.75) is 38.1 Å². The standard InChI is InChI=1S/C24H25FN6O2/c1-24(2)14-29(22(32)20-8-4-7-19(27-20)16-9-10-16)11-12-30(24)23(33)21-26-15-31(28-21)18-6-3-5-17(25)13-18/h3-8,13,15-16H,9-12,14H2,1-2H3. The molecular formula is C24H25FN6O2. The van der Waals surface area contributed by atoms with Crippen LogP contribution < -0.4 is 0 Å². The molecule has 2 amide bonds. The fourth-order valence-corrected chi connectivity index (χ4v) is 4.27. The third-order valence-corrected chi connectivity index (χ3v) is 6.18. The molecule has 0 spiro atoms. The number of amides is 2. The van der Waals surface area contributed by atoms with Gasteiger partial charge < -0.3 is 9.80 Å². The van der Waals surface area contributed by atoms with Gasteiger partial charge in [0.1, 0.15) is 17.8 Å². The van der Waals surface area contributed by atoms with Gasteiger partial charge in [-0.2, -0.15) is 0 Å². The molecule has 1 aromatic carbocycles. The maximum atomic E-state index is 13.5. The van der Waals surface area contributed by atoms with Crippen molar-refractivity contribution in [2.75, 3.05) is 19.6 Å². The van der Waals surface area contributed by atoms with E-state index >= 15 is 0 Å². The van der Waals surface area contributed by atoms with E-state index < -0.39 is 11.4 Å². The summed E-state index contributed by atoms with van der Waals surface area (Å²) in [6, 6.07) is 11.5. The summed E-state index contributed by atoms with van der Waals surface area (Å²) in [5.74, 6) is -0.327.